The van der Waals surface area contributed by atoms with E-state index in [-0.39, 0.29) is 11.6 Å². The molecule has 0 radical (unpaired) electrons. The summed E-state index contributed by atoms with van der Waals surface area (Å²) in [6.45, 7) is 4.21. The molecule has 7 heteroatoms. The summed E-state index contributed by atoms with van der Waals surface area (Å²) in [6, 6.07) is 3.58. The number of fused-ring (bicyclic) bond motifs is 1. The highest BCUT2D eigenvalue weighted by atomic mass is 16.2. The zero-order valence-electron chi connectivity index (χ0n) is 13.2. The number of hydrogen-bond donors (Lipinski definition) is 1. The van der Waals surface area contributed by atoms with E-state index in [0.717, 1.165) is 17.8 Å². The van der Waals surface area contributed by atoms with E-state index in [1.807, 2.05) is 19.9 Å². The lowest BCUT2D eigenvalue weighted by atomic mass is 10.0. The Labute approximate surface area is 134 Å². The molecule has 1 aliphatic heterocycles. The Morgan fingerprint density at radius 3 is 2.78 bits per heavy atom. The van der Waals surface area contributed by atoms with Crippen LogP contribution >= 0.6 is 0 Å². The molecule has 1 amide bonds. The van der Waals surface area contributed by atoms with E-state index in [4.69, 9.17) is 6.42 Å². The first-order chi connectivity index (χ1) is 11.0. The maximum absolute atomic E-state index is 12.4. The van der Waals surface area contributed by atoms with Gasteiger partial charge in [-0.3, -0.25) is 4.79 Å². The lowest BCUT2D eigenvalue weighted by Gasteiger charge is -2.10. The van der Waals surface area contributed by atoms with Gasteiger partial charge < -0.3 is 5.32 Å². The van der Waals surface area contributed by atoms with Crippen LogP contribution < -0.4 is 5.32 Å². The third kappa shape index (κ3) is 3.21. The fraction of sp³-hybridized carbons (Fsp3) is 0.438. The topological polar surface area (TPSA) is 84.0 Å². The van der Waals surface area contributed by atoms with Gasteiger partial charge in [0.25, 0.3) is 5.91 Å². The van der Waals surface area contributed by atoms with E-state index < -0.39 is 0 Å². The average molecular weight is 310 g/mol. The van der Waals surface area contributed by atoms with Gasteiger partial charge >= 0.3 is 0 Å². The van der Waals surface area contributed by atoms with Crippen LogP contribution in [0.1, 0.15) is 41.1 Å². The molecular weight excluding hydrogens is 292 g/mol. The SMILES string of the molecule is C#CCCC1(CCNC(=O)c2cc(C)nc3cc(C)nn23)N=N1. The summed E-state index contributed by atoms with van der Waals surface area (Å²) < 4.78 is 1.57. The summed E-state index contributed by atoms with van der Waals surface area (Å²) in [6.07, 6.45) is 7.29. The van der Waals surface area contributed by atoms with Crippen LogP contribution in [0.4, 0.5) is 0 Å². The van der Waals surface area contributed by atoms with Crippen molar-refractivity contribution in [3.63, 3.8) is 0 Å². The van der Waals surface area contributed by atoms with Crippen molar-refractivity contribution in [2.24, 2.45) is 10.2 Å². The molecule has 0 saturated heterocycles. The van der Waals surface area contributed by atoms with Crippen LogP contribution in [0.15, 0.2) is 22.4 Å². The number of hydrogen-bond acceptors (Lipinski definition) is 5. The monoisotopic (exact) mass is 310 g/mol. The van der Waals surface area contributed by atoms with Gasteiger partial charge in [-0.25, -0.2) is 9.50 Å². The number of carbonyl (C=O) groups is 1. The summed E-state index contributed by atoms with van der Waals surface area (Å²) in [7, 11) is 0. The van der Waals surface area contributed by atoms with Gasteiger partial charge in [-0.1, -0.05) is 0 Å². The molecule has 0 aliphatic carbocycles. The van der Waals surface area contributed by atoms with E-state index in [1.54, 1.807) is 10.6 Å². The van der Waals surface area contributed by atoms with Gasteiger partial charge in [-0.2, -0.15) is 15.3 Å². The van der Waals surface area contributed by atoms with Crippen LogP contribution in [-0.4, -0.2) is 32.7 Å². The highest BCUT2D eigenvalue weighted by Crippen LogP contribution is 2.36. The molecule has 1 N–H and O–H groups in total. The average Bonchev–Trinajstić information content (AvgIpc) is 3.17. The van der Waals surface area contributed by atoms with E-state index >= 15 is 0 Å². The molecular formula is C16H18N6O. The normalized spacial score (nSPS) is 14.7. The van der Waals surface area contributed by atoms with Crippen molar-refractivity contribution < 1.29 is 4.79 Å². The van der Waals surface area contributed by atoms with Crippen molar-refractivity contribution in [1.29, 1.82) is 0 Å². The molecule has 1 aliphatic rings. The Hall–Kier alpha value is -2.75. The summed E-state index contributed by atoms with van der Waals surface area (Å²) >= 11 is 0. The molecule has 0 bridgehead atoms. The van der Waals surface area contributed by atoms with Crippen molar-refractivity contribution in [3.8, 4) is 12.3 Å². The van der Waals surface area contributed by atoms with Crippen LogP contribution in [0.2, 0.25) is 0 Å². The van der Waals surface area contributed by atoms with Crippen LogP contribution in [0.3, 0.4) is 0 Å². The maximum atomic E-state index is 12.4. The van der Waals surface area contributed by atoms with Crippen molar-refractivity contribution in [1.82, 2.24) is 19.9 Å². The smallest absolute Gasteiger partial charge is 0.270 e. The third-order valence-corrected chi connectivity index (χ3v) is 3.77. The third-order valence-electron chi connectivity index (χ3n) is 3.77. The number of nitrogens with zero attached hydrogens (tertiary/aromatic N) is 5. The van der Waals surface area contributed by atoms with Crippen LogP contribution in [0, 0.1) is 26.2 Å². The number of rotatable bonds is 6. The van der Waals surface area contributed by atoms with E-state index in [0.29, 0.717) is 30.7 Å². The van der Waals surface area contributed by atoms with Gasteiger partial charge in [0.15, 0.2) is 11.3 Å². The first-order valence-electron chi connectivity index (χ1n) is 7.53. The fourth-order valence-electron chi connectivity index (χ4n) is 2.51. The number of aryl methyl sites for hydroxylation is 2. The second kappa shape index (κ2) is 5.80. The molecule has 0 fully saturated rings. The molecule has 0 saturated carbocycles. The van der Waals surface area contributed by atoms with Gasteiger partial charge in [-0.15, -0.1) is 12.3 Å². The first kappa shape index (κ1) is 15.2. The van der Waals surface area contributed by atoms with Crippen LogP contribution in [0.25, 0.3) is 5.65 Å². The molecule has 0 atom stereocenters. The predicted molar refractivity (Wildman–Crippen MR) is 85.1 cm³/mol. The quantitative estimate of drug-likeness (QED) is 0.829. The largest absolute Gasteiger partial charge is 0.351 e. The second-order valence-electron chi connectivity index (χ2n) is 5.73. The van der Waals surface area contributed by atoms with Gasteiger partial charge in [0.05, 0.1) is 5.69 Å². The summed E-state index contributed by atoms with van der Waals surface area (Å²) in [5, 5.41) is 15.3. The standard InChI is InChI=1S/C16H18N6O/c1-4-5-6-16(20-21-16)7-8-17-15(23)13-9-11(2)18-14-10-12(3)19-22(13)14/h1,9-10H,5-8H2,2-3H3,(H,17,23). The minimum Gasteiger partial charge on any atom is -0.351 e. The van der Waals surface area contributed by atoms with E-state index in [9.17, 15) is 4.79 Å². The second-order valence-corrected chi connectivity index (χ2v) is 5.73. The minimum atomic E-state index is -0.384. The lowest BCUT2D eigenvalue weighted by molar-refractivity contribution is 0.0944. The summed E-state index contributed by atoms with van der Waals surface area (Å²) in [5.41, 5.74) is 2.36. The van der Waals surface area contributed by atoms with Gasteiger partial charge in [0, 0.05) is 37.6 Å². The van der Waals surface area contributed by atoms with Gasteiger partial charge in [0.1, 0.15) is 5.69 Å². The van der Waals surface area contributed by atoms with Crippen LogP contribution in [-0.2, 0) is 0 Å². The van der Waals surface area contributed by atoms with Gasteiger partial charge in [-0.05, 0) is 19.9 Å². The van der Waals surface area contributed by atoms with Crippen molar-refractivity contribution in [2.75, 3.05) is 6.54 Å². The Balaban J connectivity index is 1.66. The molecule has 23 heavy (non-hydrogen) atoms. The Bertz CT molecular complexity index is 823. The number of aromatic nitrogens is 3. The highest BCUT2D eigenvalue weighted by Gasteiger charge is 2.38. The number of terminal acetylenes is 1. The molecule has 0 aromatic carbocycles. The zero-order valence-corrected chi connectivity index (χ0v) is 13.2. The fourth-order valence-corrected chi connectivity index (χ4v) is 2.51. The molecule has 3 heterocycles. The summed E-state index contributed by atoms with van der Waals surface area (Å²) in [4.78, 5) is 16.8. The number of carbonyl (C=O) groups excluding carboxylic acids is 1. The molecule has 2 aromatic rings. The lowest BCUT2D eigenvalue weighted by Crippen LogP contribution is -2.30. The van der Waals surface area contributed by atoms with E-state index in [2.05, 4.69) is 31.5 Å². The Kier molecular flexibility index (Phi) is 3.82. The van der Waals surface area contributed by atoms with Crippen molar-refractivity contribution in [2.45, 2.75) is 38.8 Å². The minimum absolute atomic E-state index is 0.184. The van der Waals surface area contributed by atoms with Crippen molar-refractivity contribution >= 4 is 11.6 Å². The van der Waals surface area contributed by atoms with Gasteiger partial charge in [0.2, 0.25) is 0 Å². The van der Waals surface area contributed by atoms with Crippen molar-refractivity contribution in [3.05, 3.63) is 29.2 Å². The first-order valence-corrected chi connectivity index (χ1v) is 7.53. The molecule has 0 spiro atoms. The Morgan fingerprint density at radius 2 is 2.09 bits per heavy atom. The highest BCUT2D eigenvalue weighted by molar-refractivity contribution is 5.93. The summed E-state index contributed by atoms with van der Waals surface area (Å²) in [5.74, 6) is 2.41. The number of nitrogens with one attached hydrogen (secondary N) is 1. The maximum Gasteiger partial charge on any atom is 0.270 e. The van der Waals surface area contributed by atoms with E-state index in [1.165, 1.54) is 0 Å². The molecule has 3 rings (SSSR count). The van der Waals surface area contributed by atoms with Crippen LogP contribution in [0.5, 0.6) is 0 Å². The molecule has 2 aromatic heterocycles. The predicted octanol–water partition coefficient (Wildman–Crippen LogP) is 2.04. The zero-order chi connectivity index (χ0) is 16.4. The molecule has 118 valence electrons. The Morgan fingerprint density at radius 1 is 1.30 bits per heavy atom. The molecule has 7 nitrogen and oxygen atoms in total. The molecule has 0 unspecified atom stereocenters. The number of amides is 1.